The number of carbonyl (C=O) groups is 1. The van der Waals surface area contributed by atoms with E-state index in [0.29, 0.717) is 13.2 Å². The molecule has 1 aromatic heterocycles. The van der Waals surface area contributed by atoms with Crippen LogP contribution in [-0.2, 0) is 25.0 Å². The minimum atomic E-state index is -0.161. The predicted octanol–water partition coefficient (Wildman–Crippen LogP) is 3.65. The Morgan fingerprint density at radius 3 is 2.66 bits per heavy atom. The summed E-state index contributed by atoms with van der Waals surface area (Å²) in [5.41, 5.74) is 3.83. The predicted molar refractivity (Wildman–Crippen MR) is 113 cm³/mol. The maximum Gasteiger partial charge on any atom is 0.244 e. The second kappa shape index (κ2) is 9.59. The zero-order chi connectivity index (χ0) is 20.6. The number of hydrogen-bond donors (Lipinski definition) is 1. The quantitative estimate of drug-likeness (QED) is 0.596. The van der Waals surface area contributed by atoms with Crippen molar-refractivity contribution in [2.75, 3.05) is 7.11 Å². The molecule has 0 aliphatic heterocycles. The van der Waals surface area contributed by atoms with Crippen LogP contribution in [0.25, 0.3) is 6.08 Å². The number of aryl methyl sites for hydroxylation is 1. The fraction of sp³-hybridized carbons (Fsp3) is 0.217. The van der Waals surface area contributed by atoms with Gasteiger partial charge in [0, 0.05) is 36.5 Å². The van der Waals surface area contributed by atoms with Gasteiger partial charge in [-0.25, -0.2) is 0 Å². The highest BCUT2D eigenvalue weighted by atomic mass is 16.5. The zero-order valence-electron chi connectivity index (χ0n) is 16.9. The van der Waals surface area contributed by atoms with E-state index >= 15 is 0 Å². The van der Waals surface area contributed by atoms with Gasteiger partial charge in [0.15, 0.2) is 0 Å². The van der Waals surface area contributed by atoms with Gasteiger partial charge < -0.3 is 14.8 Å². The molecule has 0 fully saturated rings. The lowest BCUT2D eigenvalue weighted by Crippen LogP contribution is -2.20. The Bertz CT molecular complexity index is 994. The third-order valence-corrected chi connectivity index (χ3v) is 4.66. The Labute approximate surface area is 170 Å². The molecule has 29 heavy (non-hydrogen) atoms. The summed E-state index contributed by atoms with van der Waals surface area (Å²) in [6.07, 6.45) is 5.06. The van der Waals surface area contributed by atoms with E-state index < -0.39 is 0 Å². The highest BCUT2D eigenvalue weighted by molar-refractivity contribution is 5.91. The average molecular weight is 391 g/mol. The summed E-state index contributed by atoms with van der Waals surface area (Å²) < 4.78 is 13.0. The highest BCUT2D eigenvalue weighted by Gasteiger charge is 2.06. The standard InChI is InChI=1S/C23H25N3O3/c1-17-20(15-25-26(17)2)14-24-23(27)12-10-18-9-11-22(28-3)19(13-18)16-29-21-7-5-4-6-8-21/h4-13,15H,14,16H2,1-3H3,(H,24,27)/b12-10+. The van der Waals surface area contributed by atoms with Crippen LogP contribution in [0.1, 0.15) is 22.4 Å². The molecule has 0 saturated carbocycles. The van der Waals surface area contributed by atoms with Crippen LogP contribution in [0.2, 0.25) is 0 Å². The summed E-state index contributed by atoms with van der Waals surface area (Å²) in [7, 11) is 3.51. The molecule has 0 aliphatic rings. The summed E-state index contributed by atoms with van der Waals surface area (Å²) in [5, 5.41) is 7.06. The van der Waals surface area contributed by atoms with E-state index in [0.717, 1.165) is 33.9 Å². The van der Waals surface area contributed by atoms with Crippen molar-refractivity contribution in [2.45, 2.75) is 20.1 Å². The van der Waals surface area contributed by atoms with E-state index in [1.165, 1.54) is 6.08 Å². The maximum atomic E-state index is 12.2. The molecule has 6 heteroatoms. The molecular weight excluding hydrogens is 366 g/mol. The van der Waals surface area contributed by atoms with E-state index in [2.05, 4.69) is 10.4 Å². The van der Waals surface area contributed by atoms with Crippen molar-refractivity contribution in [1.29, 1.82) is 0 Å². The molecule has 150 valence electrons. The molecule has 6 nitrogen and oxygen atoms in total. The van der Waals surface area contributed by atoms with Crippen molar-refractivity contribution in [2.24, 2.45) is 7.05 Å². The lowest BCUT2D eigenvalue weighted by molar-refractivity contribution is -0.116. The van der Waals surface area contributed by atoms with Crippen LogP contribution in [0.4, 0.5) is 0 Å². The lowest BCUT2D eigenvalue weighted by Gasteiger charge is -2.11. The van der Waals surface area contributed by atoms with Crippen LogP contribution in [-0.4, -0.2) is 22.8 Å². The summed E-state index contributed by atoms with van der Waals surface area (Å²) in [4.78, 5) is 12.2. The van der Waals surface area contributed by atoms with Crippen molar-refractivity contribution in [3.05, 3.63) is 83.2 Å². The van der Waals surface area contributed by atoms with E-state index in [1.54, 1.807) is 24.1 Å². The number of amides is 1. The molecule has 2 aromatic carbocycles. The second-order valence-corrected chi connectivity index (χ2v) is 6.60. The normalized spacial score (nSPS) is 10.9. The van der Waals surface area contributed by atoms with Crippen LogP contribution >= 0.6 is 0 Å². The molecule has 1 amide bonds. The highest BCUT2D eigenvalue weighted by Crippen LogP contribution is 2.23. The minimum absolute atomic E-state index is 0.161. The summed E-state index contributed by atoms with van der Waals surface area (Å²) in [5.74, 6) is 1.38. The molecule has 1 heterocycles. The van der Waals surface area contributed by atoms with Crippen LogP contribution in [0.3, 0.4) is 0 Å². The molecule has 0 atom stereocenters. The fourth-order valence-electron chi connectivity index (χ4n) is 2.82. The Kier molecular flexibility index (Phi) is 6.68. The first-order valence-electron chi connectivity index (χ1n) is 9.35. The smallest absolute Gasteiger partial charge is 0.244 e. The SMILES string of the molecule is COc1ccc(/C=C/C(=O)NCc2cnn(C)c2C)cc1COc1ccccc1. The van der Waals surface area contributed by atoms with Gasteiger partial charge in [-0.15, -0.1) is 0 Å². The van der Waals surface area contributed by atoms with E-state index in [1.807, 2.05) is 62.5 Å². The van der Waals surface area contributed by atoms with Crippen LogP contribution < -0.4 is 14.8 Å². The average Bonchev–Trinajstić information content (AvgIpc) is 3.07. The van der Waals surface area contributed by atoms with E-state index in [-0.39, 0.29) is 5.91 Å². The second-order valence-electron chi connectivity index (χ2n) is 6.60. The number of methoxy groups -OCH3 is 1. The minimum Gasteiger partial charge on any atom is -0.496 e. The number of nitrogens with zero attached hydrogens (tertiary/aromatic N) is 2. The monoisotopic (exact) mass is 391 g/mol. The van der Waals surface area contributed by atoms with Gasteiger partial charge in [0.25, 0.3) is 0 Å². The lowest BCUT2D eigenvalue weighted by atomic mass is 10.1. The molecule has 0 unspecified atom stereocenters. The van der Waals surface area contributed by atoms with Gasteiger partial charge >= 0.3 is 0 Å². The number of aromatic nitrogens is 2. The third kappa shape index (κ3) is 5.48. The third-order valence-electron chi connectivity index (χ3n) is 4.66. The van der Waals surface area contributed by atoms with Crippen molar-refractivity contribution in [1.82, 2.24) is 15.1 Å². The van der Waals surface area contributed by atoms with Gasteiger partial charge in [0.05, 0.1) is 13.3 Å². The number of nitrogens with one attached hydrogen (secondary N) is 1. The van der Waals surface area contributed by atoms with Crippen molar-refractivity contribution in [3.63, 3.8) is 0 Å². The van der Waals surface area contributed by atoms with E-state index in [9.17, 15) is 4.79 Å². The Morgan fingerprint density at radius 2 is 1.97 bits per heavy atom. The molecule has 0 radical (unpaired) electrons. The first kappa shape index (κ1) is 20.2. The van der Waals surface area contributed by atoms with Crippen molar-refractivity contribution < 1.29 is 14.3 Å². The Morgan fingerprint density at radius 1 is 1.17 bits per heavy atom. The van der Waals surface area contributed by atoms with Gasteiger partial charge in [0.1, 0.15) is 18.1 Å². The first-order chi connectivity index (χ1) is 14.1. The van der Waals surface area contributed by atoms with Gasteiger partial charge in [-0.1, -0.05) is 24.3 Å². The van der Waals surface area contributed by atoms with Crippen molar-refractivity contribution >= 4 is 12.0 Å². The molecule has 3 aromatic rings. The van der Waals surface area contributed by atoms with Gasteiger partial charge in [-0.05, 0) is 42.8 Å². The number of carbonyl (C=O) groups excluding carboxylic acids is 1. The number of para-hydroxylation sites is 1. The zero-order valence-corrected chi connectivity index (χ0v) is 16.9. The molecule has 0 spiro atoms. The molecule has 0 saturated heterocycles. The molecule has 1 N–H and O–H groups in total. The molecular formula is C23H25N3O3. The van der Waals surface area contributed by atoms with Gasteiger partial charge in [0.2, 0.25) is 5.91 Å². The Balaban J connectivity index is 1.62. The Hall–Kier alpha value is -3.54. The summed E-state index contributed by atoms with van der Waals surface area (Å²) >= 11 is 0. The number of benzene rings is 2. The topological polar surface area (TPSA) is 65.4 Å². The van der Waals surface area contributed by atoms with Crippen LogP contribution in [0.5, 0.6) is 11.5 Å². The van der Waals surface area contributed by atoms with E-state index in [4.69, 9.17) is 9.47 Å². The number of rotatable bonds is 8. The first-order valence-corrected chi connectivity index (χ1v) is 9.35. The van der Waals surface area contributed by atoms with Crippen LogP contribution in [0.15, 0.2) is 60.8 Å². The fourth-order valence-corrected chi connectivity index (χ4v) is 2.82. The number of ether oxygens (including phenoxy) is 2. The largest absolute Gasteiger partial charge is 0.496 e. The maximum absolute atomic E-state index is 12.2. The number of hydrogen-bond acceptors (Lipinski definition) is 4. The summed E-state index contributed by atoms with van der Waals surface area (Å²) in [6.45, 7) is 2.80. The van der Waals surface area contributed by atoms with Gasteiger partial charge in [-0.3, -0.25) is 9.48 Å². The van der Waals surface area contributed by atoms with Crippen LogP contribution in [0, 0.1) is 6.92 Å². The van der Waals surface area contributed by atoms with Gasteiger partial charge in [-0.2, -0.15) is 5.10 Å². The molecule has 0 bridgehead atoms. The molecule has 3 rings (SSSR count). The van der Waals surface area contributed by atoms with Crippen molar-refractivity contribution in [3.8, 4) is 11.5 Å². The molecule has 0 aliphatic carbocycles. The summed E-state index contributed by atoms with van der Waals surface area (Å²) in [6, 6.07) is 15.3.